The van der Waals surface area contributed by atoms with Crippen LogP contribution >= 0.6 is 0 Å². The molecule has 0 saturated heterocycles. The largest absolute Gasteiger partial charge is 0.424 e. The number of aromatic nitrogens is 2. The minimum atomic E-state index is -0.603. The lowest BCUT2D eigenvalue weighted by atomic mass is 10.1. The number of nitro benzene ring substituents is 1. The second-order valence-electron chi connectivity index (χ2n) is 5.70. The van der Waals surface area contributed by atoms with Gasteiger partial charge in [0.15, 0.2) is 0 Å². The van der Waals surface area contributed by atoms with Gasteiger partial charge in [0.05, 0.1) is 22.0 Å². The zero-order valence-corrected chi connectivity index (χ0v) is 14.7. The average Bonchev–Trinajstić information content (AvgIpc) is 2.65. The molecular weight excluding hydrogens is 348 g/mol. The van der Waals surface area contributed by atoms with Crippen LogP contribution in [0.2, 0.25) is 0 Å². The minimum Gasteiger partial charge on any atom is -0.424 e. The van der Waals surface area contributed by atoms with Crippen molar-refractivity contribution in [1.82, 2.24) is 9.97 Å². The minimum absolute atomic E-state index is 0.0362. The van der Waals surface area contributed by atoms with Crippen molar-refractivity contribution in [3.05, 3.63) is 81.7 Å². The van der Waals surface area contributed by atoms with Gasteiger partial charge in [0.2, 0.25) is 0 Å². The number of amides is 1. The zero-order valence-electron chi connectivity index (χ0n) is 14.7. The van der Waals surface area contributed by atoms with Crippen molar-refractivity contribution in [2.75, 3.05) is 5.32 Å². The van der Waals surface area contributed by atoms with E-state index in [0.717, 1.165) is 0 Å². The van der Waals surface area contributed by atoms with Crippen molar-refractivity contribution in [1.29, 1.82) is 0 Å². The van der Waals surface area contributed by atoms with E-state index in [1.807, 2.05) is 18.2 Å². The Morgan fingerprint density at radius 2 is 1.59 bits per heavy atom. The van der Waals surface area contributed by atoms with Gasteiger partial charge in [-0.1, -0.05) is 30.3 Å². The van der Waals surface area contributed by atoms with Crippen molar-refractivity contribution in [3.8, 4) is 11.8 Å². The third-order valence-electron chi connectivity index (χ3n) is 3.79. The third kappa shape index (κ3) is 4.06. The number of ether oxygens (including phenoxy) is 1. The van der Waals surface area contributed by atoms with Crippen LogP contribution in [0.25, 0.3) is 0 Å². The van der Waals surface area contributed by atoms with Crippen LogP contribution in [-0.2, 0) is 0 Å². The van der Waals surface area contributed by atoms with Crippen LogP contribution in [0, 0.1) is 24.0 Å². The van der Waals surface area contributed by atoms with E-state index in [9.17, 15) is 14.9 Å². The van der Waals surface area contributed by atoms with Crippen molar-refractivity contribution < 1.29 is 14.5 Å². The van der Waals surface area contributed by atoms with Crippen LogP contribution in [0.1, 0.15) is 21.7 Å². The lowest BCUT2D eigenvalue weighted by molar-refractivity contribution is -0.385. The predicted molar refractivity (Wildman–Crippen MR) is 99.1 cm³/mol. The maximum Gasteiger partial charge on any atom is 0.322 e. The van der Waals surface area contributed by atoms with Gasteiger partial charge in [-0.2, -0.15) is 9.97 Å². The molecule has 0 bridgehead atoms. The van der Waals surface area contributed by atoms with Crippen molar-refractivity contribution in [2.24, 2.45) is 0 Å². The number of carbonyl (C=O) groups is 1. The highest BCUT2D eigenvalue weighted by Gasteiger charge is 2.21. The Kier molecular flexibility index (Phi) is 5.07. The van der Waals surface area contributed by atoms with E-state index >= 15 is 0 Å². The molecule has 1 aromatic heterocycles. The topological polar surface area (TPSA) is 107 Å². The number of benzene rings is 2. The molecule has 0 fully saturated rings. The van der Waals surface area contributed by atoms with Gasteiger partial charge in [-0.15, -0.1) is 0 Å². The average molecular weight is 364 g/mol. The van der Waals surface area contributed by atoms with Crippen LogP contribution in [-0.4, -0.2) is 20.8 Å². The van der Waals surface area contributed by atoms with Gasteiger partial charge in [-0.3, -0.25) is 14.9 Å². The van der Waals surface area contributed by atoms with Crippen LogP contribution < -0.4 is 10.1 Å². The molecule has 8 nitrogen and oxygen atoms in total. The molecule has 3 rings (SSSR count). The molecule has 27 heavy (non-hydrogen) atoms. The van der Waals surface area contributed by atoms with Crippen molar-refractivity contribution >= 4 is 17.3 Å². The number of nitrogens with one attached hydrogen (secondary N) is 1. The van der Waals surface area contributed by atoms with Crippen LogP contribution in [0.3, 0.4) is 0 Å². The van der Waals surface area contributed by atoms with Gasteiger partial charge in [0, 0.05) is 6.07 Å². The fourth-order valence-corrected chi connectivity index (χ4v) is 2.51. The number of rotatable bonds is 5. The van der Waals surface area contributed by atoms with E-state index in [0.29, 0.717) is 22.8 Å². The molecule has 0 saturated carbocycles. The van der Waals surface area contributed by atoms with Crippen molar-refractivity contribution in [2.45, 2.75) is 13.8 Å². The summed E-state index contributed by atoms with van der Waals surface area (Å²) >= 11 is 0. The maximum absolute atomic E-state index is 12.5. The Labute approximate surface area is 155 Å². The van der Waals surface area contributed by atoms with E-state index < -0.39 is 10.8 Å². The number of para-hydroxylation sites is 2. The zero-order chi connectivity index (χ0) is 19.4. The Morgan fingerprint density at radius 3 is 2.22 bits per heavy atom. The molecule has 0 radical (unpaired) electrons. The quantitative estimate of drug-likeness (QED) is 0.541. The fraction of sp³-hybridized carbons (Fsp3) is 0.105. The summed E-state index contributed by atoms with van der Waals surface area (Å²) < 4.78 is 5.61. The second kappa shape index (κ2) is 7.61. The molecular formula is C19H16N4O4. The number of anilines is 1. The Hall–Kier alpha value is -3.81. The summed E-state index contributed by atoms with van der Waals surface area (Å²) in [6.45, 7) is 3.39. The number of hydrogen-bond donors (Lipinski definition) is 1. The molecule has 0 aliphatic heterocycles. The molecule has 0 spiro atoms. The van der Waals surface area contributed by atoms with E-state index in [4.69, 9.17) is 4.74 Å². The van der Waals surface area contributed by atoms with Crippen LogP contribution in [0.4, 0.5) is 11.4 Å². The molecule has 0 aliphatic carbocycles. The van der Waals surface area contributed by atoms with Crippen molar-refractivity contribution in [3.63, 3.8) is 0 Å². The van der Waals surface area contributed by atoms with Gasteiger partial charge in [0.1, 0.15) is 11.3 Å². The first-order valence-corrected chi connectivity index (χ1v) is 8.08. The SMILES string of the molecule is Cc1nc(Oc2ccccc2)nc(C)c1NC(=O)c1ccccc1[N+](=O)[O-]. The molecule has 0 aliphatic rings. The molecule has 1 amide bonds. The van der Waals surface area contributed by atoms with Gasteiger partial charge < -0.3 is 10.1 Å². The number of carbonyl (C=O) groups excluding carboxylic acids is 1. The standard InChI is InChI=1S/C19H16N4O4/c1-12-17(22-18(24)15-10-6-7-11-16(15)23(25)26)13(2)21-19(20-12)27-14-8-4-3-5-9-14/h3-11H,1-2H3,(H,22,24). The molecule has 1 heterocycles. The fourth-order valence-electron chi connectivity index (χ4n) is 2.51. The summed E-state index contributed by atoms with van der Waals surface area (Å²) in [4.78, 5) is 31.5. The molecule has 0 unspecified atom stereocenters. The van der Waals surface area contributed by atoms with Crippen LogP contribution in [0.15, 0.2) is 54.6 Å². The molecule has 0 atom stereocenters. The van der Waals surface area contributed by atoms with Gasteiger partial charge in [-0.25, -0.2) is 0 Å². The summed E-state index contributed by atoms with van der Waals surface area (Å²) in [5, 5.41) is 13.8. The third-order valence-corrected chi connectivity index (χ3v) is 3.79. The smallest absolute Gasteiger partial charge is 0.322 e. The first-order valence-electron chi connectivity index (χ1n) is 8.08. The lowest BCUT2D eigenvalue weighted by Crippen LogP contribution is -2.16. The molecule has 8 heteroatoms. The lowest BCUT2D eigenvalue weighted by Gasteiger charge is -2.12. The first-order chi connectivity index (χ1) is 13.0. The number of hydrogen-bond acceptors (Lipinski definition) is 6. The summed E-state index contributed by atoms with van der Waals surface area (Å²) in [5.74, 6) is -0.0122. The van der Waals surface area contributed by atoms with Crippen LogP contribution in [0.5, 0.6) is 11.8 Å². The maximum atomic E-state index is 12.5. The van der Waals surface area contributed by atoms with Gasteiger partial charge in [-0.05, 0) is 32.0 Å². The summed E-state index contributed by atoms with van der Waals surface area (Å²) in [6, 6.07) is 15.0. The normalized spacial score (nSPS) is 10.3. The van der Waals surface area contributed by atoms with E-state index in [2.05, 4.69) is 15.3 Å². The number of nitrogens with zero attached hydrogens (tertiary/aromatic N) is 3. The summed E-state index contributed by atoms with van der Waals surface area (Å²) in [7, 11) is 0. The summed E-state index contributed by atoms with van der Waals surface area (Å²) in [5.41, 5.74) is 1.06. The summed E-state index contributed by atoms with van der Waals surface area (Å²) in [6.07, 6.45) is 0. The number of aryl methyl sites for hydroxylation is 2. The highest BCUT2D eigenvalue weighted by atomic mass is 16.6. The molecule has 2 aromatic carbocycles. The van der Waals surface area contributed by atoms with E-state index in [-0.39, 0.29) is 17.3 Å². The van der Waals surface area contributed by atoms with Gasteiger partial charge in [0.25, 0.3) is 11.6 Å². The molecule has 136 valence electrons. The Balaban J connectivity index is 1.86. The van der Waals surface area contributed by atoms with E-state index in [1.165, 1.54) is 18.2 Å². The highest BCUT2D eigenvalue weighted by molar-refractivity contribution is 6.07. The first kappa shape index (κ1) is 18.0. The van der Waals surface area contributed by atoms with E-state index in [1.54, 1.807) is 32.0 Å². The predicted octanol–water partition coefficient (Wildman–Crippen LogP) is 4.05. The number of nitro groups is 1. The Morgan fingerprint density at radius 1 is 1.00 bits per heavy atom. The highest BCUT2D eigenvalue weighted by Crippen LogP contribution is 2.25. The molecule has 1 N–H and O–H groups in total. The van der Waals surface area contributed by atoms with Gasteiger partial charge >= 0.3 is 6.01 Å². The monoisotopic (exact) mass is 364 g/mol. The molecule has 3 aromatic rings. The second-order valence-corrected chi connectivity index (χ2v) is 5.70. The Bertz CT molecular complexity index is 983.